The maximum absolute atomic E-state index is 13.4. The fourth-order valence-corrected chi connectivity index (χ4v) is 3.49. The highest BCUT2D eigenvalue weighted by atomic mass is 79.9. The first-order valence-electron chi connectivity index (χ1n) is 7.55. The van der Waals surface area contributed by atoms with Crippen LogP contribution in [-0.4, -0.2) is 23.2 Å². The molecule has 3 rings (SSSR count). The number of fused-ring (bicyclic) bond motifs is 1. The molecule has 1 heterocycles. The van der Waals surface area contributed by atoms with Crippen molar-refractivity contribution < 1.29 is 32.5 Å². The molecule has 138 valence electrons. The predicted molar refractivity (Wildman–Crippen MR) is 88.6 cm³/mol. The molecule has 0 spiro atoms. The average molecular weight is 432 g/mol. The van der Waals surface area contributed by atoms with Gasteiger partial charge < -0.3 is 14.6 Å². The fourth-order valence-electron chi connectivity index (χ4n) is 2.91. The molecule has 0 aliphatic heterocycles. The Bertz CT molecular complexity index is 870. The van der Waals surface area contributed by atoms with E-state index in [0.717, 1.165) is 22.7 Å². The van der Waals surface area contributed by atoms with Crippen LogP contribution in [0, 0.1) is 0 Å². The standard InChI is InChI=1S/C17H13BrF3NO4/c1-25-14-10(16(23)24)7-11(17(19,20)21)15(22-14)26-13-6-5-8-9(13)3-2-4-12(8)18/h2-4,7,13H,5-6H2,1H3,(H,23,24). The number of ether oxygens (including phenoxy) is 2. The summed E-state index contributed by atoms with van der Waals surface area (Å²) in [4.78, 5) is 14.9. The number of aromatic carboxylic acids is 1. The van der Waals surface area contributed by atoms with E-state index >= 15 is 0 Å². The number of hydrogen-bond donors (Lipinski definition) is 1. The van der Waals surface area contributed by atoms with E-state index in [-0.39, 0.29) is 0 Å². The van der Waals surface area contributed by atoms with E-state index in [1.54, 1.807) is 12.1 Å². The quantitative estimate of drug-likeness (QED) is 0.763. The summed E-state index contributed by atoms with van der Waals surface area (Å²) in [6.45, 7) is 0. The van der Waals surface area contributed by atoms with Gasteiger partial charge in [0.05, 0.1) is 7.11 Å². The summed E-state index contributed by atoms with van der Waals surface area (Å²) in [5, 5.41) is 9.09. The molecule has 1 unspecified atom stereocenters. The van der Waals surface area contributed by atoms with Gasteiger partial charge in [-0.3, -0.25) is 0 Å². The van der Waals surface area contributed by atoms with Crippen molar-refractivity contribution in [2.75, 3.05) is 7.11 Å². The maximum Gasteiger partial charge on any atom is 0.421 e. The Hall–Kier alpha value is -2.29. The zero-order valence-electron chi connectivity index (χ0n) is 13.4. The molecule has 0 bridgehead atoms. The van der Waals surface area contributed by atoms with Crippen molar-refractivity contribution in [2.45, 2.75) is 25.1 Å². The minimum absolute atomic E-state index is 0.437. The summed E-state index contributed by atoms with van der Waals surface area (Å²) in [5.41, 5.74) is -0.184. The van der Waals surface area contributed by atoms with Crippen LogP contribution in [0.4, 0.5) is 13.2 Å². The molecule has 1 atom stereocenters. The Balaban J connectivity index is 2.06. The van der Waals surface area contributed by atoms with E-state index in [2.05, 4.69) is 20.9 Å². The van der Waals surface area contributed by atoms with Gasteiger partial charge in [0.25, 0.3) is 0 Å². The van der Waals surface area contributed by atoms with Crippen molar-refractivity contribution in [2.24, 2.45) is 0 Å². The second-order valence-electron chi connectivity index (χ2n) is 5.65. The van der Waals surface area contributed by atoms with Gasteiger partial charge in [-0.1, -0.05) is 28.1 Å². The molecule has 0 amide bonds. The number of carboxylic acid groups (broad SMARTS) is 1. The minimum atomic E-state index is -4.82. The van der Waals surface area contributed by atoms with Gasteiger partial charge in [0.1, 0.15) is 17.2 Å². The van der Waals surface area contributed by atoms with E-state index in [1.807, 2.05) is 6.07 Å². The summed E-state index contributed by atoms with van der Waals surface area (Å²) in [5.74, 6) is -2.70. The van der Waals surface area contributed by atoms with Gasteiger partial charge >= 0.3 is 12.1 Å². The lowest BCUT2D eigenvalue weighted by Gasteiger charge is -2.19. The molecule has 1 aliphatic rings. The van der Waals surface area contributed by atoms with Crippen molar-refractivity contribution in [3.8, 4) is 11.8 Å². The summed E-state index contributed by atoms with van der Waals surface area (Å²) in [6.07, 6.45) is -4.30. The predicted octanol–water partition coefficient (Wildman–Crippen LogP) is 4.64. The lowest BCUT2D eigenvalue weighted by atomic mass is 10.1. The highest BCUT2D eigenvalue weighted by molar-refractivity contribution is 9.10. The minimum Gasteiger partial charge on any atom is -0.480 e. The number of hydrogen-bond acceptors (Lipinski definition) is 4. The van der Waals surface area contributed by atoms with Crippen LogP contribution in [0.15, 0.2) is 28.7 Å². The van der Waals surface area contributed by atoms with Crippen LogP contribution < -0.4 is 9.47 Å². The van der Waals surface area contributed by atoms with Gasteiger partial charge in [0, 0.05) is 4.47 Å². The highest BCUT2D eigenvalue weighted by Gasteiger charge is 2.39. The largest absolute Gasteiger partial charge is 0.480 e. The van der Waals surface area contributed by atoms with E-state index in [4.69, 9.17) is 14.6 Å². The second-order valence-corrected chi connectivity index (χ2v) is 6.51. The third-order valence-corrected chi connectivity index (χ3v) is 4.84. The van der Waals surface area contributed by atoms with Gasteiger partial charge in [0.2, 0.25) is 11.8 Å². The molecule has 1 aliphatic carbocycles. The Morgan fingerprint density at radius 3 is 2.69 bits per heavy atom. The van der Waals surface area contributed by atoms with Crippen molar-refractivity contribution in [1.29, 1.82) is 0 Å². The van der Waals surface area contributed by atoms with Crippen LogP contribution in [-0.2, 0) is 12.6 Å². The highest BCUT2D eigenvalue weighted by Crippen LogP contribution is 2.43. The smallest absolute Gasteiger partial charge is 0.421 e. The Labute approximate surface area is 154 Å². The summed E-state index contributed by atoms with van der Waals surface area (Å²) in [7, 11) is 1.13. The SMILES string of the molecule is COc1nc(OC2CCc3c(Br)cccc32)c(C(F)(F)F)cc1C(=O)O. The fraction of sp³-hybridized carbons (Fsp3) is 0.294. The van der Waals surface area contributed by atoms with Crippen LogP contribution in [0.25, 0.3) is 0 Å². The van der Waals surface area contributed by atoms with Gasteiger partial charge in [-0.05, 0) is 36.1 Å². The van der Waals surface area contributed by atoms with Gasteiger partial charge in [-0.2, -0.15) is 18.2 Å². The molecule has 2 aromatic rings. The monoisotopic (exact) mass is 431 g/mol. The third-order valence-electron chi connectivity index (χ3n) is 4.09. The van der Waals surface area contributed by atoms with Crippen LogP contribution in [0.3, 0.4) is 0 Å². The zero-order chi connectivity index (χ0) is 19.1. The van der Waals surface area contributed by atoms with E-state index in [1.165, 1.54) is 0 Å². The second kappa shape index (κ2) is 6.79. The normalized spacial score (nSPS) is 16.3. The number of carboxylic acids is 1. The third kappa shape index (κ3) is 3.35. The number of carbonyl (C=O) groups is 1. The number of rotatable bonds is 4. The Morgan fingerprint density at radius 1 is 1.35 bits per heavy atom. The van der Waals surface area contributed by atoms with E-state index in [0.29, 0.717) is 18.9 Å². The Morgan fingerprint density at radius 2 is 2.08 bits per heavy atom. The molecule has 0 fully saturated rings. The average Bonchev–Trinajstić information content (AvgIpc) is 2.97. The lowest BCUT2D eigenvalue weighted by molar-refractivity contribution is -0.139. The molecule has 0 saturated carbocycles. The van der Waals surface area contributed by atoms with Crippen molar-refractivity contribution >= 4 is 21.9 Å². The molecule has 1 aromatic heterocycles. The lowest BCUT2D eigenvalue weighted by Crippen LogP contribution is -2.15. The van der Waals surface area contributed by atoms with E-state index < -0.39 is 41.1 Å². The number of halogens is 4. The van der Waals surface area contributed by atoms with Crippen LogP contribution in [0.1, 0.15) is 39.6 Å². The maximum atomic E-state index is 13.4. The topological polar surface area (TPSA) is 68.7 Å². The number of pyridine rings is 1. The molecule has 0 saturated heterocycles. The van der Waals surface area contributed by atoms with Gasteiger partial charge in [0.15, 0.2) is 0 Å². The molecule has 9 heteroatoms. The van der Waals surface area contributed by atoms with Crippen LogP contribution in [0.5, 0.6) is 11.8 Å². The first-order valence-corrected chi connectivity index (χ1v) is 8.35. The Kier molecular flexibility index (Phi) is 4.83. The van der Waals surface area contributed by atoms with Crippen LogP contribution >= 0.6 is 15.9 Å². The summed E-state index contributed by atoms with van der Waals surface area (Å²) < 4.78 is 51.5. The van der Waals surface area contributed by atoms with Crippen molar-refractivity contribution in [3.05, 3.63) is 51.0 Å². The summed E-state index contributed by atoms with van der Waals surface area (Å²) in [6, 6.07) is 5.90. The molecule has 0 radical (unpaired) electrons. The molecular weight excluding hydrogens is 419 g/mol. The zero-order valence-corrected chi connectivity index (χ0v) is 15.0. The molecular formula is C17H13BrF3NO4. The van der Waals surface area contributed by atoms with Gasteiger partial charge in [-0.15, -0.1) is 0 Å². The molecule has 1 aromatic carbocycles. The number of methoxy groups -OCH3 is 1. The van der Waals surface area contributed by atoms with E-state index in [9.17, 15) is 18.0 Å². The first kappa shape index (κ1) is 18.5. The van der Waals surface area contributed by atoms with Crippen LogP contribution in [0.2, 0.25) is 0 Å². The first-order chi connectivity index (χ1) is 12.2. The van der Waals surface area contributed by atoms with Gasteiger partial charge in [-0.25, -0.2) is 4.79 Å². The van der Waals surface area contributed by atoms with Crippen molar-refractivity contribution in [1.82, 2.24) is 4.98 Å². The molecule has 5 nitrogen and oxygen atoms in total. The number of nitrogens with zero attached hydrogens (tertiary/aromatic N) is 1. The molecule has 26 heavy (non-hydrogen) atoms. The number of benzene rings is 1. The number of alkyl halides is 3. The van der Waals surface area contributed by atoms with Crippen molar-refractivity contribution in [3.63, 3.8) is 0 Å². The molecule has 1 N–H and O–H groups in total. The summed E-state index contributed by atoms with van der Waals surface area (Å²) >= 11 is 3.42. The number of aromatic nitrogens is 1.